The zero-order valence-corrected chi connectivity index (χ0v) is 11.6. The minimum absolute atomic E-state index is 0.158. The Bertz CT molecular complexity index is 882. The predicted octanol–water partition coefficient (Wildman–Crippen LogP) is 3.06. The summed E-state index contributed by atoms with van der Waals surface area (Å²) in [6.07, 6.45) is 0. The van der Waals surface area contributed by atoms with Crippen LogP contribution in [-0.2, 0) is 0 Å². The third kappa shape index (κ3) is 2.02. The van der Waals surface area contributed by atoms with Gasteiger partial charge in [-0.25, -0.2) is 0 Å². The van der Waals surface area contributed by atoms with Crippen LogP contribution in [0.1, 0.15) is 0 Å². The van der Waals surface area contributed by atoms with Crippen LogP contribution in [-0.4, -0.2) is 16.7 Å². The Balaban J connectivity index is 2.39. The highest BCUT2D eigenvalue weighted by atomic mass is 32.1. The summed E-state index contributed by atoms with van der Waals surface area (Å²) in [6, 6.07) is 14.6. The van der Waals surface area contributed by atoms with Crippen molar-refractivity contribution < 1.29 is 4.74 Å². The highest BCUT2D eigenvalue weighted by Gasteiger charge is 2.08. The average molecular weight is 284 g/mol. The molecule has 5 heteroatoms. The number of methoxy groups -OCH3 is 1. The summed E-state index contributed by atoms with van der Waals surface area (Å²) in [4.78, 5) is 15.7. The number of aromatic nitrogens is 2. The van der Waals surface area contributed by atoms with Crippen LogP contribution in [0.4, 0.5) is 0 Å². The molecule has 100 valence electrons. The van der Waals surface area contributed by atoms with E-state index in [9.17, 15) is 4.79 Å². The normalized spacial score (nSPS) is 10.7. The molecule has 1 aromatic heterocycles. The van der Waals surface area contributed by atoms with Gasteiger partial charge >= 0.3 is 0 Å². The Hall–Kier alpha value is -2.40. The molecule has 0 spiro atoms. The Morgan fingerprint density at radius 1 is 1.15 bits per heavy atom. The van der Waals surface area contributed by atoms with Crippen LogP contribution in [0.15, 0.2) is 53.3 Å². The number of ether oxygens (including phenoxy) is 1. The third-order valence-corrected chi connectivity index (χ3v) is 3.40. The van der Waals surface area contributed by atoms with Crippen LogP contribution in [0, 0.1) is 4.77 Å². The maximum atomic E-state index is 12.6. The lowest BCUT2D eigenvalue weighted by Crippen LogP contribution is -2.20. The van der Waals surface area contributed by atoms with Crippen LogP contribution < -0.4 is 10.3 Å². The first-order valence-corrected chi connectivity index (χ1v) is 6.50. The molecule has 4 nitrogen and oxygen atoms in total. The minimum atomic E-state index is -0.158. The van der Waals surface area contributed by atoms with Crippen LogP contribution in [0.5, 0.6) is 5.75 Å². The smallest absolute Gasteiger partial charge is 0.266 e. The summed E-state index contributed by atoms with van der Waals surface area (Å²) < 4.78 is 7.02. The van der Waals surface area contributed by atoms with Gasteiger partial charge in [0.15, 0.2) is 4.77 Å². The van der Waals surface area contributed by atoms with Crippen LogP contribution in [0.3, 0.4) is 0 Å². The highest BCUT2D eigenvalue weighted by Crippen LogP contribution is 2.17. The molecule has 20 heavy (non-hydrogen) atoms. The first-order valence-electron chi connectivity index (χ1n) is 6.09. The first kappa shape index (κ1) is 12.6. The molecule has 3 rings (SSSR count). The molecule has 0 aliphatic rings. The number of benzene rings is 2. The largest absolute Gasteiger partial charge is 0.497 e. The SMILES string of the molecule is COc1ccc2[nH]c(=S)n(-c3ccccc3)c(=O)c2c1. The highest BCUT2D eigenvalue weighted by molar-refractivity contribution is 7.71. The topological polar surface area (TPSA) is 47.0 Å². The Labute approximate surface area is 120 Å². The predicted molar refractivity (Wildman–Crippen MR) is 81.3 cm³/mol. The van der Waals surface area contributed by atoms with E-state index in [0.717, 1.165) is 5.69 Å². The number of nitrogens with zero attached hydrogens (tertiary/aromatic N) is 1. The number of hydrogen-bond acceptors (Lipinski definition) is 3. The minimum Gasteiger partial charge on any atom is -0.497 e. The van der Waals surface area contributed by atoms with E-state index in [1.54, 1.807) is 25.3 Å². The van der Waals surface area contributed by atoms with Gasteiger partial charge in [0.1, 0.15) is 5.75 Å². The standard InChI is InChI=1S/C15H12N2O2S/c1-19-11-7-8-13-12(9-11)14(18)17(15(20)16-13)10-5-3-2-4-6-10/h2-9H,1H3,(H,16,20). The van der Waals surface area contributed by atoms with E-state index >= 15 is 0 Å². The molecule has 0 unspecified atom stereocenters. The van der Waals surface area contributed by atoms with Gasteiger partial charge in [0, 0.05) is 0 Å². The number of para-hydroxylation sites is 1. The van der Waals surface area contributed by atoms with E-state index in [4.69, 9.17) is 17.0 Å². The number of hydrogen-bond donors (Lipinski definition) is 1. The van der Waals surface area contributed by atoms with Gasteiger partial charge in [0.2, 0.25) is 0 Å². The van der Waals surface area contributed by atoms with Crippen LogP contribution >= 0.6 is 12.2 Å². The Morgan fingerprint density at radius 2 is 1.90 bits per heavy atom. The van der Waals surface area contributed by atoms with Crippen molar-refractivity contribution in [1.29, 1.82) is 0 Å². The van der Waals surface area contributed by atoms with Gasteiger partial charge in [-0.05, 0) is 42.5 Å². The first-order chi connectivity index (χ1) is 9.70. The van der Waals surface area contributed by atoms with Gasteiger partial charge in [0.25, 0.3) is 5.56 Å². The second kappa shape index (κ2) is 4.94. The van der Waals surface area contributed by atoms with Gasteiger partial charge in [0.05, 0.1) is 23.7 Å². The fourth-order valence-corrected chi connectivity index (χ4v) is 2.43. The number of nitrogens with one attached hydrogen (secondary N) is 1. The fraction of sp³-hybridized carbons (Fsp3) is 0.0667. The van der Waals surface area contributed by atoms with E-state index < -0.39 is 0 Å². The molecule has 0 saturated heterocycles. The molecule has 1 N–H and O–H groups in total. The molecule has 0 fully saturated rings. The van der Waals surface area contributed by atoms with Gasteiger partial charge < -0.3 is 9.72 Å². The van der Waals surface area contributed by atoms with Crippen molar-refractivity contribution in [3.05, 3.63) is 63.7 Å². The molecule has 0 atom stereocenters. The van der Waals surface area contributed by atoms with Crippen molar-refractivity contribution in [3.8, 4) is 11.4 Å². The van der Waals surface area contributed by atoms with Crippen molar-refractivity contribution in [1.82, 2.24) is 9.55 Å². The number of H-pyrrole nitrogens is 1. The molecule has 0 aliphatic carbocycles. The molecular formula is C15H12N2O2S. The van der Waals surface area contributed by atoms with E-state index in [0.29, 0.717) is 21.4 Å². The summed E-state index contributed by atoms with van der Waals surface area (Å²) in [5.74, 6) is 0.639. The number of aromatic amines is 1. The van der Waals surface area contributed by atoms with Crippen molar-refractivity contribution in [3.63, 3.8) is 0 Å². The molecule has 0 saturated carbocycles. The summed E-state index contributed by atoms with van der Waals surface area (Å²) in [6.45, 7) is 0. The van der Waals surface area contributed by atoms with Crippen molar-refractivity contribution in [2.75, 3.05) is 7.11 Å². The van der Waals surface area contributed by atoms with E-state index in [2.05, 4.69) is 4.98 Å². The van der Waals surface area contributed by atoms with Crippen molar-refractivity contribution in [2.24, 2.45) is 0 Å². The number of rotatable bonds is 2. The average Bonchev–Trinajstić information content (AvgIpc) is 2.48. The summed E-state index contributed by atoms with van der Waals surface area (Å²) in [5.41, 5.74) is 1.28. The summed E-state index contributed by atoms with van der Waals surface area (Å²) >= 11 is 5.29. The van der Waals surface area contributed by atoms with Crippen LogP contribution in [0.25, 0.3) is 16.6 Å². The molecule has 2 aromatic carbocycles. The second-order valence-electron chi connectivity index (χ2n) is 4.32. The molecule has 3 aromatic rings. The third-order valence-electron chi connectivity index (χ3n) is 3.12. The van der Waals surface area contributed by atoms with E-state index in [-0.39, 0.29) is 5.56 Å². The molecule has 0 amide bonds. The Morgan fingerprint density at radius 3 is 2.60 bits per heavy atom. The number of fused-ring (bicyclic) bond motifs is 1. The zero-order chi connectivity index (χ0) is 14.1. The van der Waals surface area contributed by atoms with Gasteiger partial charge in [-0.3, -0.25) is 9.36 Å². The lowest BCUT2D eigenvalue weighted by atomic mass is 10.2. The quantitative estimate of drug-likeness (QED) is 0.736. The molecular weight excluding hydrogens is 272 g/mol. The van der Waals surface area contributed by atoms with Gasteiger partial charge in [-0.2, -0.15) is 0 Å². The van der Waals surface area contributed by atoms with Crippen molar-refractivity contribution in [2.45, 2.75) is 0 Å². The lowest BCUT2D eigenvalue weighted by molar-refractivity contribution is 0.415. The second-order valence-corrected chi connectivity index (χ2v) is 4.70. The molecule has 0 bridgehead atoms. The maximum absolute atomic E-state index is 12.6. The van der Waals surface area contributed by atoms with E-state index in [1.165, 1.54) is 4.57 Å². The molecule has 1 heterocycles. The maximum Gasteiger partial charge on any atom is 0.266 e. The summed E-state index contributed by atoms with van der Waals surface area (Å²) in [5, 5.41) is 0.543. The fourth-order valence-electron chi connectivity index (χ4n) is 2.13. The lowest BCUT2D eigenvalue weighted by Gasteiger charge is -2.08. The summed E-state index contributed by atoms with van der Waals surface area (Å²) in [7, 11) is 1.57. The molecule has 0 radical (unpaired) electrons. The van der Waals surface area contributed by atoms with Crippen LogP contribution in [0.2, 0.25) is 0 Å². The van der Waals surface area contributed by atoms with Gasteiger partial charge in [-0.1, -0.05) is 18.2 Å². The van der Waals surface area contributed by atoms with E-state index in [1.807, 2.05) is 30.3 Å². The zero-order valence-electron chi connectivity index (χ0n) is 10.8. The molecule has 0 aliphatic heterocycles. The Kier molecular flexibility index (Phi) is 3.12. The monoisotopic (exact) mass is 284 g/mol. The van der Waals surface area contributed by atoms with Crippen molar-refractivity contribution >= 4 is 23.1 Å². The van der Waals surface area contributed by atoms with Gasteiger partial charge in [-0.15, -0.1) is 0 Å².